The fourth-order valence-corrected chi connectivity index (χ4v) is 1.83. The molecule has 0 aliphatic heterocycles. The summed E-state index contributed by atoms with van der Waals surface area (Å²) in [5.41, 5.74) is 3.18. The molecule has 0 unspecified atom stereocenters. The molecule has 0 saturated heterocycles. The maximum absolute atomic E-state index is 4.14. The highest BCUT2D eigenvalue weighted by molar-refractivity contribution is 14.1. The molecular formula is C16H18IN. The number of hydrogen-bond donors (Lipinski definition) is 0. The zero-order valence-corrected chi connectivity index (χ0v) is 13.1. The Bertz CT molecular complexity index is 479. The standard InChI is InChI=1S/C16H18IN/c1-3-16(14(2)18-17)13-12-15-10-8-6-4-5-7-9-11-15/h3-6,8,10H,7,9,11H2,1-2H3/b5-4-,8-6-,15-10+,16-3+,18-14-. The third-order valence-corrected chi connectivity index (χ3v) is 3.36. The number of nitrogens with zero attached hydrogens (tertiary/aromatic N) is 1. The van der Waals surface area contributed by atoms with E-state index < -0.39 is 0 Å². The van der Waals surface area contributed by atoms with E-state index in [-0.39, 0.29) is 0 Å². The highest BCUT2D eigenvalue weighted by Crippen LogP contribution is 2.10. The van der Waals surface area contributed by atoms with Gasteiger partial charge in [-0.1, -0.05) is 48.3 Å². The summed E-state index contributed by atoms with van der Waals surface area (Å²) < 4.78 is 4.14. The lowest BCUT2D eigenvalue weighted by Gasteiger charge is -1.98. The van der Waals surface area contributed by atoms with Crippen molar-refractivity contribution < 1.29 is 0 Å². The third-order valence-electron chi connectivity index (χ3n) is 2.64. The summed E-state index contributed by atoms with van der Waals surface area (Å²) in [4.78, 5) is 0. The number of halogens is 1. The van der Waals surface area contributed by atoms with Gasteiger partial charge in [-0.25, -0.2) is 3.21 Å². The molecule has 0 N–H and O–H groups in total. The molecule has 1 rings (SSSR count). The van der Waals surface area contributed by atoms with Crippen LogP contribution in [0.25, 0.3) is 0 Å². The normalized spacial score (nSPS) is 23.6. The van der Waals surface area contributed by atoms with Crippen molar-refractivity contribution in [2.75, 3.05) is 0 Å². The molecule has 0 fully saturated rings. The molecule has 1 aliphatic rings. The van der Waals surface area contributed by atoms with Crippen molar-refractivity contribution in [1.82, 2.24) is 0 Å². The van der Waals surface area contributed by atoms with Crippen LogP contribution in [0.3, 0.4) is 0 Å². The molecule has 1 nitrogen and oxygen atoms in total. The summed E-state index contributed by atoms with van der Waals surface area (Å²) in [5, 5.41) is 0. The Hall–Kier alpha value is -1.08. The lowest BCUT2D eigenvalue weighted by molar-refractivity contribution is 0.851. The summed E-state index contributed by atoms with van der Waals surface area (Å²) in [5.74, 6) is 6.47. The highest BCUT2D eigenvalue weighted by Gasteiger charge is 1.97. The second kappa shape index (κ2) is 8.93. The SMILES string of the molecule is C/C=C(C#C/C1=C/C=C\C=C/CCC1)/C(C)=N\I. The van der Waals surface area contributed by atoms with Crippen LogP contribution in [0.2, 0.25) is 0 Å². The molecule has 1 aliphatic carbocycles. The van der Waals surface area contributed by atoms with Crippen LogP contribution in [0.4, 0.5) is 0 Å². The fourth-order valence-electron chi connectivity index (χ4n) is 1.57. The molecule has 18 heavy (non-hydrogen) atoms. The number of hydrogen-bond acceptors (Lipinski definition) is 1. The van der Waals surface area contributed by atoms with Crippen LogP contribution in [-0.2, 0) is 0 Å². The second-order valence-corrected chi connectivity index (χ2v) is 4.50. The van der Waals surface area contributed by atoms with E-state index in [9.17, 15) is 0 Å². The topological polar surface area (TPSA) is 12.4 Å². The second-order valence-electron chi connectivity index (χ2n) is 4.02. The van der Waals surface area contributed by atoms with Crippen molar-refractivity contribution in [3.8, 4) is 11.8 Å². The Kier molecular flexibility index (Phi) is 7.43. The smallest absolute Gasteiger partial charge is 0.0834 e. The molecule has 2 heteroatoms. The van der Waals surface area contributed by atoms with Gasteiger partial charge in [0.1, 0.15) is 0 Å². The van der Waals surface area contributed by atoms with Gasteiger partial charge in [0.05, 0.1) is 28.6 Å². The van der Waals surface area contributed by atoms with Crippen LogP contribution < -0.4 is 0 Å². The first-order valence-electron chi connectivity index (χ1n) is 6.14. The Morgan fingerprint density at radius 2 is 2.22 bits per heavy atom. The first kappa shape index (κ1) is 15.0. The average molecular weight is 351 g/mol. The Balaban J connectivity index is 2.86. The minimum absolute atomic E-state index is 0.978. The molecule has 94 valence electrons. The van der Waals surface area contributed by atoms with Crippen molar-refractivity contribution in [1.29, 1.82) is 0 Å². The molecule has 0 aromatic carbocycles. The van der Waals surface area contributed by atoms with Crippen molar-refractivity contribution in [2.45, 2.75) is 33.1 Å². The molecule has 0 amide bonds. The number of allylic oxidation sites excluding steroid dienone is 8. The minimum Gasteiger partial charge on any atom is -0.219 e. The monoisotopic (exact) mass is 351 g/mol. The molecule has 0 atom stereocenters. The van der Waals surface area contributed by atoms with E-state index in [1.165, 1.54) is 5.57 Å². The molecule has 0 saturated carbocycles. The van der Waals surface area contributed by atoms with Gasteiger partial charge in [0, 0.05) is 11.1 Å². The zero-order valence-electron chi connectivity index (χ0n) is 10.9. The maximum Gasteiger partial charge on any atom is 0.0834 e. The molecule has 0 spiro atoms. The number of rotatable bonds is 1. The van der Waals surface area contributed by atoms with Crippen LogP contribution in [0, 0.1) is 11.8 Å². The van der Waals surface area contributed by atoms with Crippen LogP contribution in [0.15, 0.2) is 50.8 Å². The van der Waals surface area contributed by atoms with E-state index in [0.29, 0.717) is 0 Å². The van der Waals surface area contributed by atoms with E-state index in [2.05, 4.69) is 45.4 Å². The van der Waals surface area contributed by atoms with Gasteiger partial charge in [-0.15, -0.1) is 0 Å². The predicted octanol–water partition coefficient (Wildman–Crippen LogP) is 4.97. The summed E-state index contributed by atoms with van der Waals surface area (Å²) in [6.45, 7) is 3.98. The van der Waals surface area contributed by atoms with Gasteiger partial charge in [0.2, 0.25) is 0 Å². The first-order valence-corrected chi connectivity index (χ1v) is 7.11. The lowest BCUT2D eigenvalue weighted by atomic mass is 10.1. The third kappa shape index (κ3) is 5.50. The van der Waals surface area contributed by atoms with Crippen LogP contribution in [0.1, 0.15) is 33.1 Å². The molecular weight excluding hydrogens is 333 g/mol. The van der Waals surface area contributed by atoms with E-state index in [1.807, 2.05) is 42.8 Å². The lowest BCUT2D eigenvalue weighted by Crippen LogP contribution is -1.93. The molecule has 0 heterocycles. The Labute approximate surface area is 124 Å². The van der Waals surface area contributed by atoms with Gasteiger partial charge in [-0.3, -0.25) is 0 Å². The maximum atomic E-state index is 4.14. The highest BCUT2D eigenvalue weighted by atomic mass is 127. The van der Waals surface area contributed by atoms with E-state index in [4.69, 9.17) is 0 Å². The van der Waals surface area contributed by atoms with Gasteiger partial charge in [-0.2, -0.15) is 0 Å². The summed E-state index contributed by atoms with van der Waals surface area (Å²) in [7, 11) is 0. The van der Waals surface area contributed by atoms with Gasteiger partial charge in [-0.05, 0) is 33.1 Å². The average Bonchev–Trinajstić information content (AvgIpc) is 2.52. The fraction of sp³-hybridized carbons (Fsp3) is 0.312. The Morgan fingerprint density at radius 1 is 1.39 bits per heavy atom. The van der Waals surface area contributed by atoms with Crippen molar-refractivity contribution in [3.05, 3.63) is 47.6 Å². The van der Waals surface area contributed by atoms with Gasteiger partial charge >= 0.3 is 0 Å². The zero-order chi connectivity index (χ0) is 13.2. The van der Waals surface area contributed by atoms with E-state index in [1.54, 1.807) is 0 Å². The van der Waals surface area contributed by atoms with E-state index in [0.717, 1.165) is 30.5 Å². The summed E-state index contributed by atoms with van der Waals surface area (Å²) in [6.07, 6.45) is 15.8. The van der Waals surface area contributed by atoms with Crippen molar-refractivity contribution in [2.24, 2.45) is 3.21 Å². The molecule has 0 aromatic rings. The molecule has 0 bridgehead atoms. The minimum atomic E-state index is 0.978. The summed E-state index contributed by atoms with van der Waals surface area (Å²) in [6, 6.07) is 0. The van der Waals surface area contributed by atoms with Crippen molar-refractivity contribution in [3.63, 3.8) is 0 Å². The molecule has 0 aromatic heterocycles. The summed E-state index contributed by atoms with van der Waals surface area (Å²) >= 11 is 2.01. The quantitative estimate of drug-likeness (QED) is 0.359. The largest absolute Gasteiger partial charge is 0.219 e. The van der Waals surface area contributed by atoms with Crippen LogP contribution in [0.5, 0.6) is 0 Å². The van der Waals surface area contributed by atoms with E-state index >= 15 is 0 Å². The van der Waals surface area contributed by atoms with Crippen LogP contribution in [-0.4, -0.2) is 5.71 Å². The Morgan fingerprint density at radius 3 is 2.94 bits per heavy atom. The predicted molar refractivity (Wildman–Crippen MR) is 88.9 cm³/mol. The van der Waals surface area contributed by atoms with Gasteiger partial charge in [0.25, 0.3) is 0 Å². The molecule has 0 radical (unpaired) electrons. The van der Waals surface area contributed by atoms with Gasteiger partial charge in [0.15, 0.2) is 0 Å². The van der Waals surface area contributed by atoms with Gasteiger partial charge < -0.3 is 0 Å². The van der Waals surface area contributed by atoms with Crippen LogP contribution >= 0.6 is 22.9 Å². The first-order chi connectivity index (χ1) is 8.77. The van der Waals surface area contributed by atoms with Crippen molar-refractivity contribution >= 4 is 28.6 Å².